The highest BCUT2D eigenvalue weighted by Crippen LogP contribution is 2.50. The Kier molecular flexibility index (Phi) is 7.50. The minimum atomic E-state index is -0.267. The molecule has 0 radical (unpaired) electrons. The zero-order valence-electron chi connectivity index (χ0n) is 23.7. The highest BCUT2D eigenvalue weighted by atomic mass is 16.3. The van der Waals surface area contributed by atoms with E-state index in [0.717, 1.165) is 54.3 Å². The van der Waals surface area contributed by atoms with E-state index in [9.17, 15) is 5.11 Å². The summed E-state index contributed by atoms with van der Waals surface area (Å²) in [5.41, 5.74) is 5.47. The Bertz CT molecular complexity index is 1310. The summed E-state index contributed by atoms with van der Waals surface area (Å²) in [6.45, 7) is 16.0. The van der Waals surface area contributed by atoms with Crippen molar-refractivity contribution in [3.63, 3.8) is 0 Å². The largest absolute Gasteiger partial charge is 0.505 e. The average molecular weight is 498 g/mol. The highest BCUT2D eigenvalue weighted by Gasteiger charge is 2.40. The van der Waals surface area contributed by atoms with Crippen LogP contribution in [0, 0.1) is 5.41 Å². The third-order valence-electron chi connectivity index (χ3n) is 9.21. The van der Waals surface area contributed by atoms with E-state index >= 15 is 0 Å². The standard InChI is InChI=1S/C33H43N3O/c1-8-32(7,9-2)23-33(10-3,11-4)26-21-25(31(5,6)24-17-13-12-14-18-24)22-29(30(26)37)36-34-27-19-15-16-20-28(27)35-36/h12-22,37H,8-11,23H2,1-7H3. The van der Waals surface area contributed by atoms with Crippen LogP contribution in [0.4, 0.5) is 0 Å². The zero-order valence-corrected chi connectivity index (χ0v) is 23.7. The summed E-state index contributed by atoms with van der Waals surface area (Å²) < 4.78 is 0. The molecule has 0 aliphatic heterocycles. The van der Waals surface area contributed by atoms with Crippen molar-refractivity contribution in [2.24, 2.45) is 5.41 Å². The first kappa shape index (κ1) is 26.9. The second-order valence-electron chi connectivity index (χ2n) is 11.5. The molecular weight excluding hydrogens is 454 g/mol. The minimum Gasteiger partial charge on any atom is -0.505 e. The van der Waals surface area contributed by atoms with E-state index in [1.54, 1.807) is 4.80 Å². The molecule has 0 atom stereocenters. The molecule has 0 amide bonds. The summed E-state index contributed by atoms with van der Waals surface area (Å²) in [6.07, 6.45) is 5.16. The number of rotatable bonds is 10. The van der Waals surface area contributed by atoms with Crippen molar-refractivity contribution >= 4 is 11.0 Å². The lowest BCUT2D eigenvalue weighted by Crippen LogP contribution is -2.33. The summed E-state index contributed by atoms with van der Waals surface area (Å²) in [4.78, 5) is 1.63. The van der Waals surface area contributed by atoms with Crippen LogP contribution in [0.3, 0.4) is 0 Å². The third kappa shape index (κ3) is 4.91. The Morgan fingerprint density at radius 3 is 1.76 bits per heavy atom. The lowest BCUT2D eigenvalue weighted by molar-refractivity contribution is 0.180. The zero-order chi connectivity index (χ0) is 26.8. The van der Waals surface area contributed by atoms with Gasteiger partial charge in [0.15, 0.2) is 0 Å². The Balaban J connectivity index is 2.01. The van der Waals surface area contributed by atoms with Gasteiger partial charge in [0.05, 0.1) is 0 Å². The maximum Gasteiger partial charge on any atom is 0.146 e. The molecule has 37 heavy (non-hydrogen) atoms. The van der Waals surface area contributed by atoms with Gasteiger partial charge in [-0.05, 0) is 59.4 Å². The molecule has 0 unspecified atom stereocenters. The second kappa shape index (κ2) is 10.3. The van der Waals surface area contributed by atoms with Crippen molar-refractivity contribution in [2.75, 3.05) is 0 Å². The maximum absolute atomic E-state index is 12.0. The van der Waals surface area contributed by atoms with E-state index in [1.807, 2.05) is 24.3 Å². The molecule has 196 valence electrons. The van der Waals surface area contributed by atoms with Crippen molar-refractivity contribution in [1.82, 2.24) is 15.0 Å². The van der Waals surface area contributed by atoms with Crippen LogP contribution in [0.2, 0.25) is 0 Å². The van der Waals surface area contributed by atoms with Gasteiger partial charge in [0, 0.05) is 11.0 Å². The number of phenols is 1. The van der Waals surface area contributed by atoms with Crippen LogP contribution in [0.15, 0.2) is 66.7 Å². The van der Waals surface area contributed by atoms with Crippen molar-refractivity contribution < 1.29 is 5.11 Å². The first-order valence-electron chi connectivity index (χ1n) is 13.9. The quantitative estimate of drug-likeness (QED) is 0.238. The maximum atomic E-state index is 12.0. The van der Waals surface area contributed by atoms with Gasteiger partial charge in [0.1, 0.15) is 22.5 Å². The van der Waals surface area contributed by atoms with Gasteiger partial charge >= 0.3 is 0 Å². The molecule has 1 heterocycles. The van der Waals surface area contributed by atoms with E-state index in [-0.39, 0.29) is 16.2 Å². The molecule has 4 nitrogen and oxygen atoms in total. The summed E-state index contributed by atoms with van der Waals surface area (Å²) in [5, 5.41) is 21.5. The number of benzene rings is 3. The van der Waals surface area contributed by atoms with Crippen LogP contribution >= 0.6 is 0 Å². The summed E-state index contributed by atoms with van der Waals surface area (Å²) in [7, 11) is 0. The van der Waals surface area contributed by atoms with Crippen molar-refractivity contribution in [3.05, 3.63) is 83.4 Å². The van der Waals surface area contributed by atoms with E-state index < -0.39 is 0 Å². The molecule has 1 N–H and O–H groups in total. The molecule has 0 aliphatic carbocycles. The number of aromatic hydroxyl groups is 1. The van der Waals surface area contributed by atoms with Crippen LogP contribution in [-0.4, -0.2) is 20.1 Å². The summed E-state index contributed by atoms with van der Waals surface area (Å²) in [6, 6.07) is 22.8. The van der Waals surface area contributed by atoms with E-state index in [1.165, 1.54) is 5.56 Å². The van der Waals surface area contributed by atoms with Crippen LogP contribution in [-0.2, 0) is 10.8 Å². The monoisotopic (exact) mass is 497 g/mol. The molecule has 0 aliphatic rings. The summed E-state index contributed by atoms with van der Waals surface area (Å²) in [5.74, 6) is 0.297. The Labute approximate surface area is 222 Å². The van der Waals surface area contributed by atoms with Crippen LogP contribution in [0.5, 0.6) is 5.75 Å². The second-order valence-corrected chi connectivity index (χ2v) is 11.5. The van der Waals surface area contributed by atoms with E-state index in [2.05, 4.69) is 90.9 Å². The molecule has 0 fully saturated rings. The fourth-order valence-electron chi connectivity index (χ4n) is 5.82. The van der Waals surface area contributed by atoms with Crippen molar-refractivity contribution in [3.8, 4) is 11.4 Å². The molecule has 4 aromatic rings. The molecule has 0 saturated carbocycles. The van der Waals surface area contributed by atoms with Crippen LogP contribution in [0.1, 0.15) is 97.3 Å². The molecule has 0 saturated heterocycles. The fourth-order valence-corrected chi connectivity index (χ4v) is 5.82. The van der Waals surface area contributed by atoms with E-state index in [0.29, 0.717) is 11.4 Å². The van der Waals surface area contributed by atoms with Crippen LogP contribution < -0.4 is 0 Å². The molecule has 4 rings (SSSR count). The van der Waals surface area contributed by atoms with Gasteiger partial charge in [-0.15, -0.1) is 15.0 Å². The van der Waals surface area contributed by atoms with Gasteiger partial charge in [-0.2, -0.15) is 0 Å². The molecule has 0 spiro atoms. The van der Waals surface area contributed by atoms with Gasteiger partial charge in [-0.25, -0.2) is 0 Å². The highest BCUT2D eigenvalue weighted by molar-refractivity contribution is 5.74. The Morgan fingerprint density at radius 2 is 1.24 bits per heavy atom. The molecule has 0 bridgehead atoms. The van der Waals surface area contributed by atoms with Crippen molar-refractivity contribution in [2.45, 2.75) is 91.4 Å². The number of fused-ring (bicyclic) bond motifs is 1. The first-order chi connectivity index (χ1) is 17.6. The number of phenolic OH excluding ortho intramolecular Hbond substituents is 1. The molecular formula is C33H43N3O. The smallest absolute Gasteiger partial charge is 0.146 e. The Hall–Kier alpha value is -3.14. The average Bonchev–Trinajstić information content (AvgIpc) is 3.36. The number of nitrogens with zero attached hydrogens (tertiary/aromatic N) is 3. The van der Waals surface area contributed by atoms with Gasteiger partial charge in [-0.1, -0.05) is 110 Å². The predicted molar refractivity (Wildman–Crippen MR) is 155 cm³/mol. The lowest BCUT2D eigenvalue weighted by atomic mass is 9.63. The van der Waals surface area contributed by atoms with Crippen molar-refractivity contribution in [1.29, 1.82) is 0 Å². The van der Waals surface area contributed by atoms with Crippen LogP contribution in [0.25, 0.3) is 16.7 Å². The number of hydrogen-bond acceptors (Lipinski definition) is 3. The predicted octanol–water partition coefficient (Wildman–Crippen LogP) is 8.73. The third-order valence-corrected chi connectivity index (χ3v) is 9.21. The minimum absolute atomic E-state index is 0.158. The Morgan fingerprint density at radius 1 is 0.703 bits per heavy atom. The molecule has 1 aromatic heterocycles. The molecule has 3 aromatic carbocycles. The van der Waals surface area contributed by atoms with Gasteiger partial charge in [0.25, 0.3) is 0 Å². The summed E-state index contributed by atoms with van der Waals surface area (Å²) >= 11 is 0. The number of hydrogen-bond donors (Lipinski definition) is 1. The fraction of sp³-hybridized carbons (Fsp3) is 0.455. The SMILES string of the molecule is CCC(C)(CC)CC(CC)(CC)c1cc(C(C)(C)c2ccccc2)cc(-n2nc3ccccc3n2)c1O. The van der Waals surface area contributed by atoms with Gasteiger partial charge in [-0.3, -0.25) is 0 Å². The topological polar surface area (TPSA) is 50.9 Å². The molecule has 4 heteroatoms. The van der Waals surface area contributed by atoms with E-state index in [4.69, 9.17) is 10.2 Å². The lowest BCUT2D eigenvalue weighted by Gasteiger charge is -2.42. The van der Waals surface area contributed by atoms with Gasteiger partial charge in [0.2, 0.25) is 0 Å². The number of aromatic nitrogens is 3. The normalized spacial score (nSPS) is 12.8. The first-order valence-corrected chi connectivity index (χ1v) is 13.9. The van der Waals surface area contributed by atoms with Gasteiger partial charge < -0.3 is 5.11 Å².